The van der Waals surface area contributed by atoms with Gasteiger partial charge in [-0.05, 0) is 49.9 Å². The summed E-state index contributed by atoms with van der Waals surface area (Å²) in [4.78, 5) is 14.7. The van der Waals surface area contributed by atoms with Crippen molar-refractivity contribution in [2.45, 2.75) is 38.6 Å². The van der Waals surface area contributed by atoms with E-state index in [1.807, 2.05) is 33.8 Å². The van der Waals surface area contributed by atoms with E-state index in [-0.39, 0.29) is 24.4 Å². The molecule has 2 aliphatic heterocycles. The molecule has 2 heterocycles. The van der Waals surface area contributed by atoms with Gasteiger partial charge in [0.15, 0.2) is 0 Å². The number of sulfonamides is 1. The van der Waals surface area contributed by atoms with Gasteiger partial charge in [0, 0.05) is 32.7 Å². The van der Waals surface area contributed by atoms with Crippen molar-refractivity contribution >= 4 is 28.3 Å². The molecule has 1 aromatic rings. The van der Waals surface area contributed by atoms with E-state index in [1.54, 1.807) is 4.90 Å². The third-order valence-electron chi connectivity index (χ3n) is 5.67. The minimum Gasteiger partial charge on any atom is -0.378 e. The van der Waals surface area contributed by atoms with Crippen LogP contribution in [0.2, 0.25) is 0 Å². The van der Waals surface area contributed by atoms with Crippen molar-refractivity contribution in [3.05, 3.63) is 28.3 Å². The standard InChI is InChI=1S/C19H29N3O4S.ClH/c1-13-11-14(2)16(4)18(15(13)3)27(24,25)22-8-6-21(7-9-22)19(23)17-12-26-10-5-20-17;/h11,17,20H,5-10,12H2,1-4H3;1H. The van der Waals surface area contributed by atoms with Gasteiger partial charge in [-0.15, -0.1) is 12.4 Å². The van der Waals surface area contributed by atoms with Crippen molar-refractivity contribution in [3.63, 3.8) is 0 Å². The van der Waals surface area contributed by atoms with Gasteiger partial charge in [-0.25, -0.2) is 8.42 Å². The summed E-state index contributed by atoms with van der Waals surface area (Å²) in [6.45, 7) is 10.7. The molecule has 0 aromatic heterocycles. The molecule has 1 aromatic carbocycles. The van der Waals surface area contributed by atoms with Gasteiger partial charge in [-0.3, -0.25) is 4.79 Å². The molecule has 1 unspecified atom stereocenters. The number of nitrogens with one attached hydrogen (secondary N) is 1. The molecule has 1 N–H and O–H groups in total. The molecule has 3 rings (SSSR count). The molecule has 0 spiro atoms. The van der Waals surface area contributed by atoms with Crippen LogP contribution in [0.5, 0.6) is 0 Å². The van der Waals surface area contributed by atoms with E-state index < -0.39 is 10.0 Å². The number of hydrogen-bond acceptors (Lipinski definition) is 5. The average molecular weight is 432 g/mol. The van der Waals surface area contributed by atoms with Gasteiger partial charge in [0.25, 0.3) is 0 Å². The number of benzene rings is 1. The maximum Gasteiger partial charge on any atom is 0.243 e. The Balaban J connectivity index is 0.00000280. The summed E-state index contributed by atoms with van der Waals surface area (Å²) in [6, 6.07) is 1.70. The van der Waals surface area contributed by atoms with E-state index in [4.69, 9.17) is 4.74 Å². The molecular formula is C19H30ClN3O4S. The number of piperazine rings is 1. The molecule has 158 valence electrons. The Morgan fingerprint density at radius 2 is 1.64 bits per heavy atom. The first-order chi connectivity index (χ1) is 12.7. The molecule has 1 atom stereocenters. The summed E-state index contributed by atoms with van der Waals surface area (Å²) in [5.74, 6) is -0.00879. The summed E-state index contributed by atoms with van der Waals surface area (Å²) < 4.78 is 33.5. The van der Waals surface area contributed by atoms with E-state index in [0.29, 0.717) is 50.8 Å². The Bertz CT molecular complexity index is 804. The Labute approximate surface area is 173 Å². The second-order valence-electron chi connectivity index (χ2n) is 7.40. The lowest BCUT2D eigenvalue weighted by atomic mass is 10.0. The zero-order chi connectivity index (χ0) is 19.8. The van der Waals surface area contributed by atoms with Crippen LogP contribution in [-0.2, 0) is 19.6 Å². The lowest BCUT2D eigenvalue weighted by Gasteiger charge is -2.37. The van der Waals surface area contributed by atoms with Crippen LogP contribution in [0.3, 0.4) is 0 Å². The highest BCUT2D eigenvalue weighted by Gasteiger charge is 2.34. The quantitative estimate of drug-likeness (QED) is 0.777. The molecule has 2 saturated heterocycles. The summed E-state index contributed by atoms with van der Waals surface area (Å²) in [5.41, 5.74) is 3.57. The highest BCUT2D eigenvalue weighted by molar-refractivity contribution is 7.89. The predicted octanol–water partition coefficient (Wildman–Crippen LogP) is 1.16. The normalized spacial score (nSPS) is 21.3. The highest BCUT2D eigenvalue weighted by Crippen LogP contribution is 2.29. The second-order valence-corrected chi connectivity index (χ2v) is 9.28. The highest BCUT2D eigenvalue weighted by atomic mass is 35.5. The third-order valence-corrected chi connectivity index (χ3v) is 7.84. The van der Waals surface area contributed by atoms with Crippen molar-refractivity contribution in [1.82, 2.24) is 14.5 Å². The van der Waals surface area contributed by atoms with Crippen LogP contribution in [0, 0.1) is 27.7 Å². The average Bonchev–Trinajstić information content (AvgIpc) is 2.66. The van der Waals surface area contributed by atoms with Gasteiger partial charge in [-0.2, -0.15) is 4.31 Å². The molecule has 2 fully saturated rings. The van der Waals surface area contributed by atoms with Gasteiger partial charge >= 0.3 is 0 Å². The summed E-state index contributed by atoms with van der Waals surface area (Å²) in [5, 5.41) is 3.16. The monoisotopic (exact) mass is 431 g/mol. The molecule has 1 amide bonds. The lowest BCUT2D eigenvalue weighted by molar-refractivity contribution is -0.137. The minimum absolute atomic E-state index is 0. The third kappa shape index (κ3) is 4.36. The fourth-order valence-corrected chi connectivity index (χ4v) is 5.79. The van der Waals surface area contributed by atoms with Crippen molar-refractivity contribution in [3.8, 4) is 0 Å². The van der Waals surface area contributed by atoms with Crippen LogP contribution in [-0.4, -0.2) is 75.5 Å². The number of carbonyl (C=O) groups is 1. The van der Waals surface area contributed by atoms with Crippen LogP contribution < -0.4 is 5.32 Å². The smallest absolute Gasteiger partial charge is 0.243 e. The number of ether oxygens (including phenoxy) is 1. The van der Waals surface area contributed by atoms with E-state index >= 15 is 0 Å². The number of amides is 1. The summed E-state index contributed by atoms with van der Waals surface area (Å²) >= 11 is 0. The number of nitrogens with zero attached hydrogens (tertiary/aromatic N) is 2. The predicted molar refractivity (Wildman–Crippen MR) is 111 cm³/mol. The van der Waals surface area contributed by atoms with Crippen LogP contribution in [0.1, 0.15) is 22.3 Å². The van der Waals surface area contributed by atoms with Gasteiger partial charge in [0.1, 0.15) is 6.04 Å². The van der Waals surface area contributed by atoms with E-state index in [0.717, 1.165) is 22.3 Å². The number of morpholine rings is 1. The Morgan fingerprint density at radius 1 is 1.07 bits per heavy atom. The minimum atomic E-state index is -3.59. The molecular weight excluding hydrogens is 402 g/mol. The van der Waals surface area contributed by atoms with E-state index in [1.165, 1.54) is 4.31 Å². The van der Waals surface area contributed by atoms with E-state index in [9.17, 15) is 13.2 Å². The summed E-state index contributed by atoms with van der Waals surface area (Å²) in [7, 11) is -3.59. The van der Waals surface area contributed by atoms with Crippen LogP contribution in [0.25, 0.3) is 0 Å². The van der Waals surface area contributed by atoms with Gasteiger partial charge < -0.3 is 15.0 Å². The number of rotatable bonds is 3. The maximum atomic E-state index is 13.3. The molecule has 0 bridgehead atoms. The SMILES string of the molecule is Cc1cc(C)c(C)c(S(=O)(=O)N2CCN(C(=O)C3COCCN3)CC2)c1C.Cl. The first-order valence-corrected chi connectivity index (χ1v) is 10.8. The topological polar surface area (TPSA) is 79.0 Å². The number of halogens is 1. The Kier molecular flexibility index (Phi) is 7.50. The first-order valence-electron chi connectivity index (χ1n) is 9.41. The largest absolute Gasteiger partial charge is 0.378 e. The van der Waals surface area contributed by atoms with Crippen LogP contribution in [0.4, 0.5) is 0 Å². The summed E-state index contributed by atoms with van der Waals surface area (Å²) in [6.07, 6.45) is 0. The van der Waals surface area contributed by atoms with Gasteiger partial charge in [-0.1, -0.05) is 6.07 Å². The number of hydrogen-bond donors (Lipinski definition) is 1. The van der Waals surface area contributed by atoms with Gasteiger partial charge in [0.2, 0.25) is 15.9 Å². The molecule has 2 aliphatic rings. The number of aryl methyl sites for hydroxylation is 2. The fraction of sp³-hybridized carbons (Fsp3) is 0.632. The Morgan fingerprint density at radius 3 is 2.14 bits per heavy atom. The zero-order valence-electron chi connectivity index (χ0n) is 16.9. The molecule has 0 saturated carbocycles. The zero-order valence-corrected chi connectivity index (χ0v) is 18.6. The van der Waals surface area contributed by atoms with Crippen molar-refractivity contribution < 1.29 is 17.9 Å². The van der Waals surface area contributed by atoms with Crippen molar-refractivity contribution in [2.75, 3.05) is 45.9 Å². The second kappa shape index (κ2) is 9.09. The first kappa shape index (κ1) is 23.1. The molecule has 28 heavy (non-hydrogen) atoms. The van der Waals surface area contributed by atoms with Crippen molar-refractivity contribution in [2.24, 2.45) is 0 Å². The lowest BCUT2D eigenvalue weighted by Crippen LogP contribution is -2.57. The van der Waals surface area contributed by atoms with Crippen molar-refractivity contribution in [1.29, 1.82) is 0 Å². The molecule has 9 heteroatoms. The molecule has 7 nitrogen and oxygen atoms in total. The Hall–Kier alpha value is -1.19. The number of carbonyl (C=O) groups excluding carboxylic acids is 1. The molecule has 0 aliphatic carbocycles. The fourth-order valence-electron chi connectivity index (χ4n) is 3.79. The molecule has 0 radical (unpaired) electrons. The van der Waals surface area contributed by atoms with E-state index in [2.05, 4.69) is 5.32 Å². The van der Waals surface area contributed by atoms with Crippen LogP contribution in [0.15, 0.2) is 11.0 Å². The van der Waals surface area contributed by atoms with Gasteiger partial charge in [0.05, 0.1) is 18.1 Å². The maximum absolute atomic E-state index is 13.3. The van der Waals surface area contributed by atoms with Crippen LogP contribution >= 0.6 is 12.4 Å².